The monoisotopic (exact) mass is 662 g/mol. The number of alkyl halides is 3. The average molecular weight is 663 g/mol. The van der Waals surface area contributed by atoms with Gasteiger partial charge in [0.1, 0.15) is 11.6 Å². The first-order chi connectivity index (χ1) is 22.4. The molecular weight excluding hydrogens is 620 g/mol. The Morgan fingerprint density at radius 2 is 1.60 bits per heavy atom. The number of aliphatic carboxylic acids is 1. The summed E-state index contributed by atoms with van der Waals surface area (Å²) in [4.78, 5) is 37.9. The van der Waals surface area contributed by atoms with Gasteiger partial charge in [0.25, 0.3) is 0 Å². The summed E-state index contributed by atoms with van der Waals surface area (Å²) >= 11 is 0. The van der Waals surface area contributed by atoms with Gasteiger partial charge < -0.3 is 19.3 Å². The van der Waals surface area contributed by atoms with E-state index in [1.54, 1.807) is 31.2 Å². The number of allylic oxidation sites excluding steroid dienone is 2. The van der Waals surface area contributed by atoms with Crippen molar-refractivity contribution in [2.24, 2.45) is 0 Å². The summed E-state index contributed by atoms with van der Waals surface area (Å²) in [7, 11) is 0. The third-order valence-electron chi connectivity index (χ3n) is 7.99. The second-order valence-corrected chi connectivity index (χ2v) is 11.4. The number of hydrogen-bond donors (Lipinski definition) is 1. The Hall–Kier alpha value is -3.99. The molecule has 1 N–H and O–H groups in total. The molecule has 0 radical (unpaired) electrons. The molecule has 0 spiro atoms. The SMILES string of the molecule is CCCCCCCCCC(=O)Oc1ccc(C2C=CC(C(=O)O)(c3ccccc3C(=O)OC(CCOCC)C(F)(F)F)C(F)=C2)cc1. The maximum absolute atomic E-state index is 16.0. The highest BCUT2D eigenvalue weighted by atomic mass is 19.4. The van der Waals surface area contributed by atoms with Gasteiger partial charge in [0.05, 0.1) is 12.2 Å². The van der Waals surface area contributed by atoms with Crippen molar-refractivity contribution in [3.05, 3.63) is 89.3 Å². The minimum absolute atomic E-state index is 0.165. The quantitative estimate of drug-likeness (QED) is 0.0560. The molecule has 1 aliphatic carbocycles. The molecule has 0 aromatic heterocycles. The number of ether oxygens (including phenoxy) is 3. The van der Waals surface area contributed by atoms with Crippen molar-refractivity contribution in [2.75, 3.05) is 13.2 Å². The fraction of sp³-hybridized carbons (Fsp3) is 0.472. The van der Waals surface area contributed by atoms with Gasteiger partial charge in [-0.1, -0.05) is 87.9 Å². The first-order valence-electron chi connectivity index (χ1n) is 16.0. The molecule has 0 saturated carbocycles. The van der Waals surface area contributed by atoms with Gasteiger partial charge in [0.2, 0.25) is 0 Å². The summed E-state index contributed by atoms with van der Waals surface area (Å²) in [5.41, 5.74) is -2.82. The number of benzene rings is 2. The topological polar surface area (TPSA) is 99.1 Å². The van der Waals surface area contributed by atoms with Crippen molar-refractivity contribution in [2.45, 2.75) is 95.2 Å². The fourth-order valence-electron chi connectivity index (χ4n) is 5.38. The van der Waals surface area contributed by atoms with Crippen LogP contribution in [0.1, 0.15) is 99.0 Å². The Morgan fingerprint density at radius 3 is 2.21 bits per heavy atom. The van der Waals surface area contributed by atoms with Crippen LogP contribution in [0.3, 0.4) is 0 Å². The zero-order valence-electron chi connectivity index (χ0n) is 26.7. The minimum Gasteiger partial charge on any atom is -0.480 e. The third-order valence-corrected chi connectivity index (χ3v) is 7.99. The molecule has 2 aromatic rings. The van der Waals surface area contributed by atoms with E-state index in [1.807, 2.05) is 0 Å². The summed E-state index contributed by atoms with van der Waals surface area (Å²) in [6, 6.07) is 11.3. The van der Waals surface area contributed by atoms with Crippen LogP contribution in [0.15, 0.2) is 72.6 Å². The van der Waals surface area contributed by atoms with Gasteiger partial charge >= 0.3 is 24.1 Å². The molecule has 3 rings (SSSR count). The van der Waals surface area contributed by atoms with Crippen molar-refractivity contribution in [3.63, 3.8) is 0 Å². The van der Waals surface area contributed by atoms with Crippen LogP contribution in [0.5, 0.6) is 5.75 Å². The van der Waals surface area contributed by atoms with E-state index in [0.29, 0.717) is 17.7 Å². The van der Waals surface area contributed by atoms with E-state index >= 15 is 4.39 Å². The highest BCUT2D eigenvalue weighted by Gasteiger charge is 2.48. The maximum atomic E-state index is 16.0. The van der Waals surface area contributed by atoms with E-state index in [1.165, 1.54) is 43.5 Å². The molecule has 0 amide bonds. The van der Waals surface area contributed by atoms with Crippen LogP contribution in [0.25, 0.3) is 0 Å². The van der Waals surface area contributed by atoms with Crippen LogP contribution in [0, 0.1) is 0 Å². The van der Waals surface area contributed by atoms with Crippen molar-refractivity contribution >= 4 is 17.9 Å². The molecule has 7 nitrogen and oxygen atoms in total. The average Bonchev–Trinajstić information content (AvgIpc) is 3.03. The number of carbonyl (C=O) groups excluding carboxylic acids is 2. The van der Waals surface area contributed by atoms with E-state index in [0.717, 1.165) is 43.9 Å². The lowest BCUT2D eigenvalue weighted by atomic mass is 9.72. The van der Waals surface area contributed by atoms with E-state index < -0.39 is 53.4 Å². The molecule has 47 heavy (non-hydrogen) atoms. The predicted molar refractivity (Wildman–Crippen MR) is 168 cm³/mol. The van der Waals surface area contributed by atoms with Crippen LogP contribution < -0.4 is 4.74 Å². The Labute approximate surface area is 272 Å². The van der Waals surface area contributed by atoms with Crippen molar-refractivity contribution in [1.29, 1.82) is 0 Å². The van der Waals surface area contributed by atoms with Crippen molar-refractivity contribution in [1.82, 2.24) is 0 Å². The Bertz CT molecular complexity index is 1400. The van der Waals surface area contributed by atoms with Crippen molar-refractivity contribution in [3.8, 4) is 5.75 Å². The fourth-order valence-corrected chi connectivity index (χ4v) is 5.38. The summed E-state index contributed by atoms with van der Waals surface area (Å²) in [6.45, 7) is 3.61. The number of esters is 2. The van der Waals surface area contributed by atoms with E-state index in [-0.39, 0.29) is 24.7 Å². The molecule has 3 unspecified atom stereocenters. The van der Waals surface area contributed by atoms with Gasteiger partial charge in [0, 0.05) is 25.4 Å². The zero-order chi connectivity index (χ0) is 34.5. The van der Waals surface area contributed by atoms with Gasteiger partial charge in [-0.2, -0.15) is 13.2 Å². The van der Waals surface area contributed by atoms with Crippen LogP contribution >= 0.6 is 0 Å². The van der Waals surface area contributed by atoms with Gasteiger partial charge in [0.15, 0.2) is 11.5 Å². The van der Waals surface area contributed by atoms with Gasteiger partial charge in [-0.3, -0.25) is 9.59 Å². The number of unbranched alkanes of at least 4 members (excludes halogenated alkanes) is 6. The standard InChI is InChI=1S/C36H42F4O7/c1-3-5-6-7-8-9-10-15-32(41)46-27-18-16-25(17-19-27)26-20-22-35(34(43)44,30(37)24-26)29-14-12-11-13-28(29)33(42)47-31(36(38,39)40)21-23-45-4-2/h11-14,16-20,22,24,26,31H,3-10,15,21,23H2,1-2H3,(H,43,44). The Kier molecular flexibility index (Phi) is 14.2. The van der Waals surface area contributed by atoms with Gasteiger partial charge in [-0.05, 0) is 48.7 Å². The van der Waals surface area contributed by atoms with E-state index in [9.17, 15) is 32.7 Å². The molecule has 0 aliphatic heterocycles. The van der Waals surface area contributed by atoms with Crippen LogP contribution in [-0.2, 0) is 24.5 Å². The number of rotatable bonds is 18. The normalized spacial score (nSPS) is 18.3. The number of carboxylic acids is 1. The highest BCUT2D eigenvalue weighted by molar-refractivity contribution is 5.97. The molecule has 1 aliphatic rings. The van der Waals surface area contributed by atoms with Gasteiger partial charge in [-0.15, -0.1) is 0 Å². The molecule has 0 fully saturated rings. The lowest BCUT2D eigenvalue weighted by Gasteiger charge is -2.31. The summed E-state index contributed by atoms with van der Waals surface area (Å²) in [5.74, 6) is -5.00. The van der Waals surface area contributed by atoms with Gasteiger partial charge in [-0.25, -0.2) is 9.18 Å². The van der Waals surface area contributed by atoms with Crippen molar-refractivity contribution < 1.29 is 51.3 Å². The number of halogens is 4. The second kappa shape index (κ2) is 17.8. The second-order valence-electron chi connectivity index (χ2n) is 11.4. The molecule has 0 saturated heterocycles. The maximum Gasteiger partial charge on any atom is 0.425 e. The minimum atomic E-state index is -4.91. The first-order valence-corrected chi connectivity index (χ1v) is 16.0. The molecule has 2 aromatic carbocycles. The van der Waals surface area contributed by atoms with E-state index in [2.05, 4.69) is 6.92 Å². The third kappa shape index (κ3) is 10.2. The lowest BCUT2D eigenvalue weighted by Crippen LogP contribution is -2.39. The largest absolute Gasteiger partial charge is 0.480 e. The Morgan fingerprint density at radius 1 is 0.936 bits per heavy atom. The van der Waals surface area contributed by atoms with Crippen LogP contribution in [0.4, 0.5) is 17.6 Å². The number of hydrogen-bond acceptors (Lipinski definition) is 6. The predicted octanol–water partition coefficient (Wildman–Crippen LogP) is 8.78. The smallest absolute Gasteiger partial charge is 0.425 e. The lowest BCUT2D eigenvalue weighted by molar-refractivity contribution is -0.208. The van der Waals surface area contributed by atoms with Crippen LogP contribution in [-0.4, -0.2) is 48.5 Å². The summed E-state index contributed by atoms with van der Waals surface area (Å²) < 4.78 is 72.0. The highest BCUT2D eigenvalue weighted by Crippen LogP contribution is 2.43. The summed E-state index contributed by atoms with van der Waals surface area (Å²) in [6.07, 6.45) is 3.31. The molecule has 11 heteroatoms. The van der Waals surface area contributed by atoms with Crippen LogP contribution in [0.2, 0.25) is 0 Å². The molecule has 3 atom stereocenters. The zero-order valence-corrected chi connectivity index (χ0v) is 26.7. The van der Waals surface area contributed by atoms with E-state index in [4.69, 9.17) is 14.2 Å². The first kappa shape index (κ1) is 37.5. The molecule has 256 valence electrons. The Balaban J connectivity index is 1.74. The number of carbonyl (C=O) groups is 3. The summed E-state index contributed by atoms with van der Waals surface area (Å²) in [5, 5.41) is 10.2. The molecule has 0 bridgehead atoms. The number of carboxylic acid groups (broad SMARTS) is 1. The molecular formula is C36H42F4O7. The molecule has 0 heterocycles.